The summed E-state index contributed by atoms with van der Waals surface area (Å²) in [6, 6.07) is 0. The van der Waals surface area contributed by atoms with Gasteiger partial charge in [-0.3, -0.25) is 20.2 Å². The molecular formula is C5H8ClN5O2. The number of halogens is 1. The van der Waals surface area contributed by atoms with E-state index >= 15 is 0 Å². The highest BCUT2D eigenvalue weighted by Crippen LogP contribution is 2.06. The zero-order chi connectivity index (χ0) is 9.14. The molecule has 0 aromatic carbocycles. The smallest absolute Gasteiger partial charge is 0.307 e. The maximum Gasteiger partial charge on any atom is 0.307 e. The SMILES string of the molecule is Cl.N=C(N)Cn1cc([N+](=O)[O-])cn1. The Morgan fingerprint density at radius 3 is 2.85 bits per heavy atom. The summed E-state index contributed by atoms with van der Waals surface area (Å²) in [5.74, 6) is -0.0898. The van der Waals surface area contributed by atoms with Crippen LogP contribution in [0.25, 0.3) is 0 Å². The molecule has 0 saturated carbocycles. The fourth-order valence-electron chi connectivity index (χ4n) is 0.708. The second kappa shape index (κ2) is 4.41. The van der Waals surface area contributed by atoms with Gasteiger partial charge in [-0.05, 0) is 0 Å². The average molecular weight is 206 g/mol. The van der Waals surface area contributed by atoms with Crippen LogP contribution in [-0.4, -0.2) is 20.5 Å². The molecule has 13 heavy (non-hydrogen) atoms. The Kier molecular flexibility index (Phi) is 3.86. The monoisotopic (exact) mass is 205 g/mol. The normalized spacial score (nSPS) is 8.92. The molecule has 1 heterocycles. The van der Waals surface area contributed by atoms with Gasteiger partial charge in [0.25, 0.3) is 0 Å². The molecule has 0 fully saturated rings. The Hall–Kier alpha value is -1.63. The molecule has 1 aromatic rings. The minimum atomic E-state index is -0.552. The van der Waals surface area contributed by atoms with Gasteiger partial charge in [0.1, 0.15) is 18.2 Å². The Balaban J connectivity index is 0.00000144. The molecule has 0 unspecified atom stereocenters. The number of hydrogen-bond acceptors (Lipinski definition) is 4. The summed E-state index contributed by atoms with van der Waals surface area (Å²) in [6.45, 7) is 0.0772. The Morgan fingerprint density at radius 1 is 1.85 bits per heavy atom. The number of nitro groups is 1. The van der Waals surface area contributed by atoms with E-state index in [4.69, 9.17) is 11.1 Å². The van der Waals surface area contributed by atoms with Gasteiger partial charge in [0.15, 0.2) is 0 Å². The van der Waals surface area contributed by atoms with Crippen LogP contribution in [0, 0.1) is 15.5 Å². The number of nitrogens with one attached hydrogen (secondary N) is 1. The number of nitrogens with zero attached hydrogens (tertiary/aromatic N) is 3. The van der Waals surface area contributed by atoms with E-state index < -0.39 is 4.92 Å². The second-order valence-electron chi connectivity index (χ2n) is 2.18. The molecule has 0 aliphatic carbocycles. The topological polar surface area (TPSA) is 111 Å². The number of hydrogen-bond donors (Lipinski definition) is 2. The first-order valence-electron chi connectivity index (χ1n) is 3.09. The fraction of sp³-hybridized carbons (Fsp3) is 0.200. The van der Waals surface area contributed by atoms with E-state index in [9.17, 15) is 10.1 Å². The number of amidine groups is 1. The lowest BCUT2D eigenvalue weighted by molar-refractivity contribution is -0.385. The lowest BCUT2D eigenvalue weighted by Gasteiger charge is -1.94. The highest BCUT2D eigenvalue weighted by atomic mass is 35.5. The zero-order valence-electron chi connectivity index (χ0n) is 6.51. The maximum absolute atomic E-state index is 10.2. The van der Waals surface area contributed by atoms with E-state index in [1.54, 1.807) is 0 Å². The van der Waals surface area contributed by atoms with Gasteiger partial charge in [0.2, 0.25) is 0 Å². The van der Waals surface area contributed by atoms with Crippen LogP contribution in [0.3, 0.4) is 0 Å². The van der Waals surface area contributed by atoms with Crippen molar-refractivity contribution in [1.82, 2.24) is 9.78 Å². The lowest BCUT2D eigenvalue weighted by atomic mass is 10.6. The van der Waals surface area contributed by atoms with Gasteiger partial charge in [0, 0.05) is 0 Å². The molecule has 0 saturated heterocycles. The van der Waals surface area contributed by atoms with Crippen LogP contribution in [-0.2, 0) is 6.54 Å². The molecule has 8 heteroatoms. The van der Waals surface area contributed by atoms with Crippen molar-refractivity contribution in [3.8, 4) is 0 Å². The Bertz CT molecular complexity index is 322. The van der Waals surface area contributed by atoms with Crippen molar-refractivity contribution in [2.24, 2.45) is 5.73 Å². The average Bonchev–Trinajstić information content (AvgIpc) is 2.34. The summed E-state index contributed by atoms with van der Waals surface area (Å²) >= 11 is 0. The molecular weight excluding hydrogens is 198 g/mol. The summed E-state index contributed by atoms with van der Waals surface area (Å²) in [4.78, 5) is 9.62. The van der Waals surface area contributed by atoms with E-state index in [0.717, 1.165) is 6.20 Å². The summed E-state index contributed by atoms with van der Waals surface area (Å²) < 4.78 is 1.24. The van der Waals surface area contributed by atoms with Crippen LogP contribution in [0.15, 0.2) is 12.4 Å². The molecule has 0 atom stereocenters. The first kappa shape index (κ1) is 11.4. The van der Waals surface area contributed by atoms with E-state index in [0.29, 0.717) is 0 Å². The highest BCUT2D eigenvalue weighted by Gasteiger charge is 2.08. The standard InChI is InChI=1S/C5H7N5O2.ClH/c6-5(7)3-9-2-4(1-8-9)10(11)12;/h1-2H,3H2,(H3,6,7);1H. The van der Waals surface area contributed by atoms with Gasteiger partial charge in [-0.15, -0.1) is 12.4 Å². The van der Waals surface area contributed by atoms with Crippen LogP contribution >= 0.6 is 12.4 Å². The van der Waals surface area contributed by atoms with Crippen molar-refractivity contribution >= 4 is 23.9 Å². The molecule has 0 aliphatic heterocycles. The minimum Gasteiger partial charge on any atom is -0.386 e. The van der Waals surface area contributed by atoms with E-state index in [1.165, 1.54) is 10.9 Å². The summed E-state index contributed by atoms with van der Waals surface area (Å²) in [5, 5.41) is 20.7. The third kappa shape index (κ3) is 3.08. The predicted molar refractivity (Wildman–Crippen MR) is 48.0 cm³/mol. The first-order chi connectivity index (χ1) is 5.59. The molecule has 0 aliphatic rings. The quantitative estimate of drug-likeness (QED) is 0.317. The third-order valence-electron chi connectivity index (χ3n) is 1.16. The predicted octanol–water partition coefficient (Wildman–Crippen LogP) is 0.149. The molecule has 1 rings (SSSR count). The molecule has 1 aromatic heterocycles. The van der Waals surface area contributed by atoms with Crippen molar-refractivity contribution in [2.75, 3.05) is 0 Å². The van der Waals surface area contributed by atoms with Crippen LogP contribution < -0.4 is 5.73 Å². The summed E-state index contributed by atoms with van der Waals surface area (Å²) in [7, 11) is 0. The van der Waals surface area contributed by atoms with E-state index in [-0.39, 0.29) is 30.5 Å². The summed E-state index contributed by atoms with van der Waals surface area (Å²) in [6.07, 6.45) is 2.34. The van der Waals surface area contributed by atoms with Gasteiger partial charge < -0.3 is 5.73 Å². The summed E-state index contributed by atoms with van der Waals surface area (Å²) in [5.41, 5.74) is 4.96. The van der Waals surface area contributed by atoms with Gasteiger partial charge in [-0.1, -0.05) is 0 Å². The van der Waals surface area contributed by atoms with Gasteiger partial charge in [-0.25, -0.2) is 0 Å². The molecule has 72 valence electrons. The van der Waals surface area contributed by atoms with E-state index in [2.05, 4.69) is 5.10 Å². The molecule has 0 bridgehead atoms. The van der Waals surface area contributed by atoms with Crippen molar-refractivity contribution in [2.45, 2.75) is 6.54 Å². The van der Waals surface area contributed by atoms with Crippen LogP contribution in [0.1, 0.15) is 0 Å². The van der Waals surface area contributed by atoms with Crippen molar-refractivity contribution < 1.29 is 4.92 Å². The molecule has 7 nitrogen and oxygen atoms in total. The second-order valence-corrected chi connectivity index (χ2v) is 2.18. The Morgan fingerprint density at radius 2 is 2.46 bits per heavy atom. The van der Waals surface area contributed by atoms with Crippen molar-refractivity contribution in [1.29, 1.82) is 5.41 Å². The van der Waals surface area contributed by atoms with Gasteiger partial charge in [-0.2, -0.15) is 5.10 Å². The van der Waals surface area contributed by atoms with Gasteiger partial charge in [0.05, 0.1) is 11.5 Å². The Labute approximate surface area is 79.6 Å². The highest BCUT2D eigenvalue weighted by molar-refractivity contribution is 5.85. The molecule has 0 radical (unpaired) electrons. The van der Waals surface area contributed by atoms with Crippen LogP contribution in [0.2, 0.25) is 0 Å². The molecule has 0 amide bonds. The molecule has 0 spiro atoms. The minimum absolute atomic E-state index is 0. The maximum atomic E-state index is 10.2. The number of aromatic nitrogens is 2. The van der Waals surface area contributed by atoms with Gasteiger partial charge >= 0.3 is 5.69 Å². The molecule has 3 N–H and O–H groups in total. The fourth-order valence-corrected chi connectivity index (χ4v) is 0.708. The number of rotatable bonds is 3. The van der Waals surface area contributed by atoms with Crippen molar-refractivity contribution in [3.05, 3.63) is 22.5 Å². The van der Waals surface area contributed by atoms with E-state index in [1.807, 2.05) is 0 Å². The van der Waals surface area contributed by atoms with Crippen LogP contribution in [0.5, 0.6) is 0 Å². The third-order valence-corrected chi connectivity index (χ3v) is 1.16. The lowest BCUT2D eigenvalue weighted by Crippen LogP contribution is -2.17. The first-order valence-corrected chi connectivity index (χ1v) is 3.09. The largest absolute Gasteiger partial charge is 0.386 e. The number of nitrogens with two attached hydrogens (primary N) is 1. The van der Waals surface area contributed by atoms with Crippen molar-refractivity contribution in [3.63, 3.8) is 0 Å². The van der Waals surface area contributed by atoms with Crippen LogP contribution in [0.4, 0.5) is 5.69 Å². The zero-order valence-corrected chi connectivity index (χ0v) is 7.32.